The van der Waals surface area contributed by atoms with Crippen molar-refractivity contribution in [1.29, 1.82) is 0 Å². The van der Waals surface area contributed by atoms with Gasteiger partial charge in [-0.05, 0) is 31.6 Å². The van der Waals surface area contributed by atoms with E-state index in [0.29, 0.717) is 37.9 Å². The molecule has 0 saturated heterocycles. The first kappa shape index (κ1) is 25.0. The van der Waals surface area contributed by atoms with E-state index in [1.54, 1.807) is 11.9 Å². The topological polar surface area (TPSA) is 85.8 Å². The molecular formula is C20H38IN5O2. The van der Waals surface area contributed by atoms with Crippen molar-refractivity contribution in [2.45, 2.75) is 57.8 Å². The minimum absolute atomic E-state index is 0. The molecule has 0 atom stereocenters. The van der Waals surface area contributed by atoms with Gasteiger partial charge in [-0.25, -0.2) is 0 Å². The molecular weight excluding hydrogens is 469 g/mol. The third-order valence-corrected chi connectivity index (χ3v) is 5.93. The van der Waals surface area contributed by atoms with Crippen molar-refractivity contribution in [3.05, 3.63) is 0 Å². The van der Waals surface area contributed by atoms with Crippen molar-refractivity contribution < 1.29 is 9.59 Å². The molecule has 2 aliphatic rings. The van der Waals surface area contributed by atoms with Gasteiger partial charge in [-0.15, -0.1) is 24.0 Å². The minimum Gasteiger partial charge on any atom is -0.355 e. The molecule has 2 aliphatic carbocycles. The summed E-state index contributed by atoms with van der Waals surface area (Å²) < 4.78 is 0. The quantitative estimate of drug-likeness (QED) is 0.203. The van der Waals surface area contributed by atoms with E-state index in [0.717, 1.165) is 25.7 Å². The van der Waals surface area contributed by atoms with Gasteiger partial charge in [0.2, 0.25) is 11.8 Å². The second-order valence-corrected chi connectivity index (χ2v) is 8.24. The first-order valence-corrected chi connectivity index (χ1v) is 10.4. The second-order valence-electron chi connectivity index (χ2n) is 8.24. The molecule has 0 aromatic heterocycles. The van der Waals surface area contributed by atoms with Gasteiger partial charge in [0.15, 0.2) is 5.96 Å². The van der Waals surface area contributed by atoms with Gasteiger partial charge in [-0.1, -0.05) is 25.7 Å². The van der Waals surface area contributed by atoms with Crippen LogP contribution in [0, 0.1) is 11.3 Å². The number of guanidine groups is 1. The monoisotopic (exact) mass is 507 g/mol. The third kappa shape index (κ3) is 7.40. The van der Waals surface area contributed by atoms with Crippen LogP contribution in [-0.2, 0) is 9.59 Å². The summed E-state index contributed by atoms with van der Waals surface area (Å²) in [6.07, 6.45) is 9.60. The van der Waals surface area contributed by atoms with Crippen LogP contribution in [0.1, 0.15) is 57.8 Å². The van der Waals surface area contributed by atoms with Crippen LogP contribution in [-0.4, -0.2) is 63.5 Å². The molecule has 0 aromatic rings. The van der Waals surface area contributed by atoms with Crippen LogP contribution in [0.25, 0.3) is 0 Å². The summed E-state index contributed by atoms with van der Waals surface area (Å²) in [4.78, 5) is 30.5. The normalized spacial score (nSPS) is 19.0. The van der Waals surface area contributed by atoms with Gasteiger partial charge in [-0.2, -0.15) is 0 Å². The van der Waals surface area contributed by atoms with Gasteiger partial charge < -0.3 is 20.9 Å². The van der Waals surface area contributed by atoms with Gasteiger partial charge >= 0.3 is 0 Å². The molecule has 7 nitrogen and oxygen atoms in total. The molecule has 2 fully saturated rings. The first-order chi connectivity index (χ1) is 13.0. The standard InChI is InChI=1S/C20H37N5O2.HI/c1-21-19(23-13-12-22-17(26)14-16-8-4-5-9-16)24-15-20(10-6-7-11-20)18(27)25(2)3;/h16H,4-15H2,1-3H3,(H,22,26)(H2,21,23,24);1H. The van der Waals surface area contributed by atoms with Crippen molar-refractivity contribution in [3.8, 4) is 0 Å². The fourth-order valence-electron chi connectivity index (χ4n) is 4.40. The van der Waals surface area contributed by atoms with E-state index in [2.05, 4.69) is 20.9 Å². The number of rotatable bonds is 8. The molecule has 8 heteroatoms. The Morgan fingerprint density at radius 1 is 1.00 bits per heavy atom. The maximum absolute atomic E-state index is 12.6. The lowest BCUT2D eigenvalue weighted by Crippen LogP contribution is -2.50. The number of hydrogen-bond acceptors (Lipinski definition) is 3. The van der Waals surface area contributed by atoms with Gasteiger partial charge in [0.1, 0.15) is 0 Å². The van der Waals surface area contributed by atoms with Crippen LogP contribution in [0.2, 0.25) is 0 Å². The molecule has 28 heavy (non-hydrogen) atoms. The molecule has 2 saturated carbocycles. The van der Waals surface area contributed by atoms with Gasteiger partial charge in [0.25, 0.3) is 0 Å². The zero-order chi connectivity index (χ0) is 19.7. The highest BCUT2D eigenvalue weighted by Gasteiger charge is 2.42. The lowest BCUT2D eigenvalue weighted by Gasteiger charge is -2.31. The highest BCUT2D eigenvalue weighted by atomic mass is 127. The van der Waals surface area contributed by atoms with E-state index in [4.69, 9.17) is 0 Å². The second kappa shape index (κ2) is 12.5. The molecule has 0 radical (unpaired) electrons. The van der Waals surface area contributed by atoms with E-state index in [1.807, 2.05) is 14.1 Å². The molecule has 0 aliphatic heterocycles. The van der Waals surface area contributed by atoms with Crippen LogP contribution in [0.3, 0.4) is 0 Å². The summed E-state index contributed by atoms with van der Waals surface area (Å²) in [7, 11) is 5.37. The Balaban J connectivity index is 0.00000392. The summed E-state index contributed by atoms with van der Waals surface area (Å²) >= 11 is 0. The number of amides is 2. The zero-order valence-electron chi connectivity index (χ0n) is 17.7. The van der Waals surface area contributed by atoms with Crippen molar-refractivity contribution in [1.82, 2.24) is 20.9 Å². The van der Waals surface area contributed by atoms with Crippen molar-refractivity contribution in [2.75, 3.05) is 40.8 Å². The van der Waals surface area contributed by atoms with E-state index < -0.39 is 0 Å². The predicted octanol–water partition coefficient (Wildman–Crippen LogP) is 2.11. The van der Waals surface area contributed by atoms with E-state index in [-0.39, 0.29) is 41.2 Å². The molecule has 0 bridgehead atoms. The van der Waals surface area contributed by atoms with Crippen LogP contribution in [0.5, 0.6) is 0 Å². The van der Waals surface area contributed by atoms with Crippen molar-refractivity contribution in [3.63, 3.8) is 0 Å². The number of carbonyl (C=O) groups is 2. The largest absolute Gasteiger partial charge is 0.355 e. The van der Waals surface area contributed by atoms with Crippen molar-refractivity contribution in [2.24, 2.45) is 16.3 Å². The van der Waals surface area contributed by atoms with E-state index >= 15 is 0 Å². The zero-order valence-corrected chi connectivity index (χ0v) is 20.0. The maximum Gasteiger partial charge on any atom is 0.230 e. The smallest absolute Gasteiger partial charge is 0.230 e. The molecule has 0 spiro atoms. The Bertz CT molecular complexity index is 527. The Kier molecular flexibility index (Phi) is 11.1. The molecule has 2 rings (SSSR count). The molecule has 0 unspecified atom stereocenters. The number of halogens is 1. The van der Waals surface area contributed by atoms with Crippen molar-refractivity contribution >= 4 is 41.8 Å². The molecule has 3 N–H and O–H groups in total. The SMILES string of the molecule is CN=C(NCCNC(=O)CC1CCCC1)NCC1(C(=O)N(C)C)CCCC1.I. The molecule has 0 heterocycles. The Morgan fingerprint density at radius 3 is 2.18 bits per heavy atom. The van der Waals surface area contributed by atoms with E-state index in [1.165, 1.54) is 25.7 Å². The maximum atomic E-state index is 12.6. The van der Waals surface area contributed by atoms with Gasteiger partial charge in [0, 0.05) is 47.2 Å². The summed E-state index contributed by atoms with van der Waals surface area (Å²) in [5.74, 6) is 1.59. The first-order valence-electron chi connectivity index (χ1n) is 10.4. The molecule has 0 aromatic carbocycles. The summed E-state index contributed by atoms with van der Waals surface area (Å²) in [5.41, 5.74) is -0.323. The van der Waals surface area contributed by atoms with Gasteiger partial charge in [0.05, 0.1) is 5.41 Å². The number of hydrogen-bond donors (Lipinski definition) is 3. The van der Waals surface area contributed by atoms with Crippen LogP contribution >= 0.6 is 24.0 Å². The average molecular weight is 507 g/mol. The van der Waals surface area contributed by atoms with Crippen LogP contribution < -0.4 is 16.0 Å². The number of nitrogens with one attached hydrogen (secondary N) is 3. The molecule has 162 valence electrons. The number of nitrogens with zero attached hydrogens (tertiary/aromatic N) is 2. The Hall–Kier alpha value is -1.06. The lowest BCUT2D eigenvalue weighted by molar-refractivity contribution is -0.138. The summed E-state index contributed by atoms with van der Waals surface area (Å²) in [6, 6.07) is 0. The van der Waals surface area contributed by atoms with Gasteiger partial charge in [-0.3, -0.25) is 14.6 Å². The lowest BCUT2D eigenvalue weighted by atomic mass is 9.84. The van der Waals surface area contributed by atoms with Crippen LogP contribution in [0.15, 0.2) is 4.99 Å². The number of carbonyl (C=O) groups excluding carboxylic acids is 2. The average Bonchev–Trinajstić information content (AvgIpc) is 3.33. The van der Waals surface area contributed by atoms with Crippen LogP contribution in [0.4, 0.5) is 0 Å². The fourth-order valence-corrected chi connectivity index (χ4v) is 4.40. The highest BCUT2D eigenvalue weighted by molar-refractivity contribution is 14.0. The highest BCUT2D eigenvalue weighted by Crippen LogP contribution is 2.38. The third-order valence-electron chi connectivity index (χ3n) is 5.93. The molecule has 2 amide bonds. The van der Waals surface area contributed by atoms with E-state index in [9.17, 15) is 9.59 Å². The fraction of sp³-hybridized carbons (Fsp3) is 0.850. The predicted molar refractivity (Wildman–Crippen MR) is 124 cm³/mol. The Labute approximate surface area is 186 Å². The minimum atomic E-state index is -0.323. The summed E-state index contributed by atoms with van der Waals surface area (Å²) in [5, 5.41) is 9.52. The number of aliphatic imine (C=N–C) groups is 1. The summed E-state index contributed by atoms with van der Waals surface area (Å²) in [6.45, 7) is 1.79. The Morgan fingerprint density at radius 2 is 1.61 bits per heavy atom.